The van der Waals surface area contributed by atoms with Gasteiger partial charge in [-0.3, -0.25) is 4.79 Å². The monoisotopic (exact) mass is 373 g/mol. The average Bonchev–Trinajstić information content (AvgIpc) is 2.65. The number of carbonyl (C=O) groups is 2. The van der Waals surface area contributed by atoms with Gasteiger partial charge in [-0.2, -0.15) is 0 Å². The third-order valence-corrected chi connectivity index (χ3v) is 4.44. The molecule has 0 fully saturated rings. The van der Waals surface area contributed by atoms with Gasteiger partial charge in [0.05, 0.1) is 12.2 Å². The van der Waals surface area contributed by atoms with Gasteiger partial charge in [0.2, 0.25) is 0 Å². The number of hydrogen-bond donors (Lipinski definition) is 1. The summed E-state index contributed by atoms with van der Waals surface area (Å²) in [4.78, 5) is 24.7. The number of benzene rings is 2. The summed E-state index contributed by atoms with van der Waals surface area (Å²) in [7, 11) is 0. The topological polar surface area (TPSA) is 64.6 Å². The van der Waals surface area contributed by atoms with Gasteiger partial charge < -0.3 is 14.8 Å². The van der Waals surface area contributed by atoms with Crippen LogP contribution >= 0.6 is 11.8 Å². The van der Waals surface area contributed by atoms with E-state index < -0.39 is 5.97 Å². The Labute approximate surface area is 158 Å². The number of esters is 1. The molecule has 1 N–H and O–H groups in total. The Morgan fingerprint density at radius 3 is 2.62 bits per heavy atom. The zero-order valence-corrected chi connectivity index (χ0v) is 15.8. The first kappa shape index (κ1) is 19.8. The maximum atomic E-state index is 11.9. The van der Waals surface area contributed by atoms with Gasteiger partial charge in [0, 0.05) is 17.2 Å². The van der Waals surface area contributed by atoms with Crippen LogP contribution in [0.4, 0.5) is 0 Å². The Morgan fingerprint density at radius 2 is 1.88 bits per heavy atom. The van der Waals surface area contributed by atoms with E-state index in [-0.39, 0.29) is 12.5 Å². The van der Waals surface area contributed by atoms with Crippen molar-refractivity contribution in [2.24, 2.45) is 0 Å². The molecule has 2 aromatic rings. The van der Waals surface area contributed by atoms with Gasteiger partial charge in [0.15, 0.2) is 6.61 Å². The maximum Gasteiger partial charge on any atom is 0.338 e. The quantitative estimate of drug-likeness (QED) is 0.414. The van der Waals surface area contributed by atoms with Gasteiger partial charge in [0.1, 0.15) is 5.75 Å². The first-order chi connectivity index (χ1) is 12.6. The zero-order valence-electron chi connectivity index (χ0n) is 15.0. The smallest absolute Gasteiger partial charge is 0.338 e. The van der Waals surface area contributed by atoms with Crippen LogP contribution in [-0.2, 0) is 9.53 Å². The molecule has 0 unspecified atom stereocenters. The van der Waals surface area contributed by atoms with Gasteiger partial charge in [-0.25, -0.2) is 4.79 Å². The number of thioether (sulfide) groups is 1. The van der Waals surface area contributed by atoms with Gasteiger partial charge in [-0.1, -0.05) is 23.8 Å². The van der Waals surface area contributed by atoms with Gasteiger partial charge >= 0.3 is 5.97 Å². The molecule has 0 saturated heterocycles. The highest BCUT2D eigenvalue weighted by atomic mass is 32.2. The second-order valence-corrected chi connectivity index (χ2v) is 6.72. The molecule has 0 bridgehead atoms. The fourth-order valence-electron chi connectivity index (χ4n) is 2.12. The summed E-state index contributed by atoms with van der Waals surface area (Å²) in [6.45, 7) is 4.58. The predicted octanol–water partition coefficient (Wildman–Crippen LogP) is 3.46. The zero-order chi connectivity index (χ0) is 18.8. The summed E-state index contributed by atoms with van der Waals surface area (Å²) in [5, 5.41) is 2.82. The Hall–Kier alpha value is -2.47. The third-order valence-electron chi connectivity index (χ3n) is 3.43. The first-order valence-corrected chi connectivity index (χ1v) is 9.43. The summed E-state index contributed by atoms with van der Waals surface area (Å²) >= 11 is 1.69. The van der Waals surface area contributed by atoms with E-state index in [9.17, 15) is 9.59 Å². The van der Waals surface area contributed by atoms with Crippen molar-refractivity contribution in [2.45, 2.75) is 18.7 Å². The minimum atomic E-state index is -0.407. The molecular formula is C20H23NO4S. The highest BCUT2D eigenvalue weighted by Crippen LogP contribution is 2.17. The van der Waals surface area contributed by atoms with Crippen LogP contribution in [-0.4, -0.2) is 37.4 Å². The summed E-state index contributed by atoms with van der Waals surface area (Å²) in [6, 6.07) is 14.9. The Morgan fingerprint density at radius 1 is 1.12 bits per heavy atom. The predicted molar refractivity (Wildman–Crippen MR) is 103 cm³/mol. The molecule has 6 heteroatoms. The minimum Gasteiger partial charge on any atom is -0.484 e. The maximum absolute atomic E-state index is 11.9. The van der Waals surface area contributed by atoms with Crippen LogP contribution in [0.2, 0.25) is 0 Å². The van der Waals surface area contributed by atoms with Crippen molar-refractivity contribution >= 4 is 23.6 Å². The van der Waals surface area contributed by atoms with E-state index >= 15 is 0 Å². The minimum absolute atomic E-state index is 0.0958. The lowest BCUT2D eigenvalue weighted by Gasteiger charge is -2.09. The number of carbonyl (C=O) groups excluding carboxylic acids is 2. The average molecular weight is 373 g/mol. The van der Waals surface area contributed by atoms with Gasteiger partial charge in [0.25, 0.3) is 5.91 Å². The standard InChI is InChI=1S/C20H23NO4S/c1-3-24-20(23)16-5-4-6-17(13-16)25-14-19(22)21-11-12-26-18-9-7-15(2)8-10-18/h4-10,13H,3,11-12,14H2,1-2H3,(H,21,22). The van der Waals surface area contributed by atoms with E-state index in [1.165, 1.54) is 10.5 Å². The van der Waals surface area contributed by atoms with E-state index in [0.717, 1.165) is 5.75 Å². The lowest BCUT2D eigenvalue weighted by molar-refractivity contribution is -0.122. The molecule has 0 aliphatic rings. The van der Waals surface area contributed by atoms with Crippen LogP contribution < -0.4 is 10.1 Å². The molecule has 0 spiro atoms. The molecular weight excluding hydrogens is 350 g/mol. The molecule has 2 aromatic carbocycles. The molecule has 5 nitrogen and oxygen atoms in total. The summed E-state index contributed by atoms with van der Waals surface area (Å²) < 4.78 is 10.4. The molecule has 1 amide bonds. The van der Waals surface area contributed by atoms with Crippen LogP contribution in [0, 0.1) is 6.92 Å². The van der Waals surface area contributed by atoms with Crippen molar-refractivity contribution in [3.8, 4) is 5.75 Å². The van der Waals surface area contributed by atoms with E-state index in [1.54, 1.807) is 43.0 Å². The molecule has 26 heavy (non-hydrogen) atoms. The number of aryl methyl sites for hydroxylation is 1. The molecule has 138 valence electrons. The fraction of sp³-hybridized carbons (Fsp3) is 0.300. The summed E-state index contributed by atoms with van der Waals surface area (Å²) in [5.74, 6) is 0.638. The van der Waals surface area contributed by atoms with Crippen LogP contribution in [0.25, 0.3) is 0 Å². The van der Waals surface area contributed by atoms with Crippen molar-refractivity contribution in [1.82, 2.24) is 5.32 Å². The number of amides is 1. The van der Waals surface area contributed by atoms with Crippen molar-refractivity contribution < 1.29 is 19.1 Å². The molecule has 0 aliphatic carbocycles. The molecule has 0 aliphatic heterocycles. The van der Waals surface area contributed by atoms with Gasteiger partial charge in [-0.05, 0) is 44.2 Å². The van der Waals surface area contributed by atoms with E-state index in [4.69, 9.17) is 9.47 Å². The highest BCUT2D eigenvalue weighted by molar-refractivity contribution is 7.99. The van der Waals surface area contributed by atoms with Crippen LogP contribution in [0.5, 0.6) is 5.75 Å². The highest BCUT2D eigenvalue weighted by Gasteiger charge is 2.08. The second-order valence-electron chi connectivity index (χ2n) is 5.55. The van der Waals surface area contributed by atoms with Crippen LogP contribution in [0.1, 0.15) is 22.8 Å². The molecule has 2 rings (SSSR count). The van der Waals surface area contributed by atoms with Crippen LogP contribution in [0.3, 0.4) is 0 Å². The SMILES string of the molecule is CCOC(=O)c1cccc(OCC(=O)NCCSc2ccc(C)cc2)c1. The van der Waals surface area contributed by atoms with E-state index in [2.05, 4.69) is 36.5 Å². The molecule has 0 aromatic heterocycles. The Bertz CT molecular complexity index is 731. The van der Waals surface area contributed by atoms with Crippen LogP contribution in [0.15, 0.2) is 53.4 Å². The summed E-state index contributed by atoms with van der Waals surface area (Å²) in [6.07, 6.45) is 0. The lowest BCUT2D eigenvalue weighted by Crippen LogP contribution is -2.30. The molecule has 0 heterocycles. The number of ether oxygens (including phenoxy) is 2. The van der Waals surface area contributed by atoms with E-state index in [0.29, 0.717) is 24.5 Å². The van der Waals surface area contributed by atoms with E-state index in [1.807, 2.05) is 0 Å². The summed E-state index contributed by atoms with van der Waals surface area (Å²) in [5.41, 5.74) is 1.63. The first-order valence-electron chi connectivity index (χ1n) is 8.44. The van der Waals surface area contributed by atoms with Crippen molar-refractivity contribution in [3.63, 3.8) is 0 Å². The lowest BCUT2D eigenvalue weighted by atomic mass is 10.2. The molecule has 0 radical (unpaired) electrons. The number of rotatable bonds is 9. The number of hydrogen-bond acceptors (Lipinski definition) is 5. The van der Waals surface area contributed by atoms with Gasteiger partial charge in [-0.15, -0.1) is 11.8 Å². The fourth-order valence-corrected chi connectivity index (χ4v) is 2.89. The van der Waals surface area contributed by atoms with Crippen molar-refractivity contribution in [3.05, 3.63) is 59.7 Å². The Balaban J connectivity index is 1.69. The Kier molecular flexibility index (Phi) is 8.02. The third kappa shape index (κ3) is 6.80. The van der Waals surface area contributed by atoms with Crippen molar-refractivity contribution in [2.75, 3.05) is 25.5 Å². The molecule has 0 saturated carbocycles. The normalized spacial score (nSPS) is 10.2. The molecule has 0 atom stereocenters. The number of nitrogens with one attached hydrogen (secondary N) is 1. The van der Waals surface area contributed by atoms with Crippen molar-refractivity contribution in [1.29, 1.82) is 0 Å². The largest absolute Gasteiger partial charge is 0.484 e. The second kappa shape index (κ2) is 10.5.